The van der Waals surface area contributed by atoms with E-state index in [0.717, 1.165) is 23.2 Å². The van der Waals surface area contributed by atoms with Crippen LogP contribution in [0.2, 0.25) is 0 Å². The van der Waals surface area contributed by atoms with Crippen molar-refractivity contribution in [2.45, 2.75) is 12.6 Å². The van der Waals surface area contributed by atoms with Gasteiger partial charge in [0, 0.05) is 6.54 Å². The van der Waals surface area contributed by atoms with Crippen molar-refractivity contribution in [3.8, 4) is 0 Å². The summed E-state index contributed by atoms with van der Waals surface area (Å²) in [4.78, 5) is 0. The molecule has 0 amide bonds. The molecule has 17 heavy (non-hydrogen) atoms. The van der Waals surface area contributed by atoms with Crippen molar-refractivity contribution in [3.05, 3.63) is 71.3 Å². The number of benzene rings is 2. The topological polar surface area (TPSA) is 32.3 Å². The lowest BCUT2D eigenvalue weighted by Gasteiger charge is -2.15. The molecule has 0 heterocycles. The van der Waals surface area contributed by atoms with E-state index in [-0.39, 0.29) is 0 Å². The summed E-state index contributed by atoms with van der Waals surface area (Å²) in [5.41, 5.74) is 3.02. The first kappa shape index (κ1) is 11.8. The van der Waals surface area contributed by atoms with Gasteiger partial charge >= 0.3 is 0 Å². The molecule has 0 bridgehead atoms. The fourth-order valence-corrected chi connectivity index (χ4v) is 1.97. The quantitative estimate of drug-likeness (QED) is 0.841. The summed E-state index contributed by atoms with van der Waals surface area (Å²) in [5, 5.41) is 13.5. The van der Waals surface area contributed by atoms with Crippen LogP contribution in [0, 0.1) is 0 Å². The average Bonchev–Trinajstić information content (AvgIpc) is 2.40. The zero-order valence-electron chi connectivity index (χ0n) is 9.93. The van der Waals surface area contributed by atoms with E-state index in [2.05, 4.69) is 5.32 Å². The molecule has 0 saturated heterocycles. The van der Waals surface area contributed by atoms with E-state index in [1.807, 2.05) is 61.6 Å². The van der Waals surface area contributed by atoms with Gasteiger partial charge in [0.15, 0.2) is 0 Å². The molecule has 0 aliphatic heterocycles. The van der Waals surface area contributed by atoms with Crippen molar-refractivity contribution < 1.29 is 5.11 Å². The van der Waals surface area contributed by atoms with Gasteiger partial charge in [-0.1, -0.05) is 54.6 Å². The minimum atomic E-state index is -0.555. The van der Waals surface area contributed by atoms with Crippen molar-refractivity contribution in [2.24, 2.45) is 0 Å². The lowest BCUT2D eigenvalue weighted by Crippen LogP contribution is -2.10. The van der Waals surface area contributed by atoms with Crippen molar-refractivity contribution in [3.63, 3.8) is 0 Å². The second kappa shape index (κ2) is 5.62. The van der Waals surface area contributed by atoms with Crippen LogP contribution in [-0.4, -0.2) is 12.2 Å². The Morgan fingerprint density at radius 3 is 2.35 bits per heavy atom. The summed E-state index contributed by atoms with van der Waals surface area (Å²) < 4.78 is 0. The Labute approximate surface area is 102 Å². The molecule has 0 spiro atoms. The van der Waals surface area contributed by atoms with Gasteiger partial charge in [0.2, 0.25) is 0 Å². The second-order valence-electron chi connectivity index (χ2n) is 4.04. The van der Waals surface area contributed by atoms with Crippen LogP contribution in [0.25, 0.3) is 0 Å². The maximum absolute atomic E-state index is 10.4. The van der Waals surface area contributed by atoms with Gasteiger partial charge in [-0.05, 0) is 23.7 Å². The number of aliphatic hydroxyl groups excluding tert-OH is 1. The van der Waals surface area contributed by atoms with Crippen LogP contribution < -0.4 is 5.32 Å². The van der Waals surface area contributed by atoms with Crippen LogP contribution in [0.15, 0.2) is 54.6 Å². The van der Waals surface area contributed by atoms with Gasteiger partial charge in [-0.25, -0.2) is 0 Å². The first-order valence-electron chi connectivity index (χ1n) is 5.78. The number of aliphatic hydroxyl groups is 1. The molecule has 2 rings (SSSR count). The third-order valence-electron chi connectivity index (χ3n) is 2.83. The molecule has 0 radical (unpaired) electrons. The normalized spacial score (nSPS) is 12.4. The molecule has 1 atom stereocenters. The van der Waals surface area contributed by atoms with Gasteiger partial charge in [0.25, 0.3) is 0 Å². The van der Waals surface area contributed by atoms with Crippen LogP contribution in [0.5, 0.6) is 0 Å². The monoisotopic (exact) mass is 227 g/mol. The molecule has 0 saturated carbocycles. The van der Waals surface area contributed by atoms with Gasteiger partial charge in [-0.15, -0.1) is 0 Å². The fourth-order valence-electron chi connectivity index (χ4n) is 1.97. The highest BCUT2D eigenvalue weighted by molar-refractivity contribution is 5.35. The molecule has 0 aromatic heterocycles. The maximum atomic E-state index is 10.4. The van der Waals surface area contributed by atoms with Crippen molar-refractivity contribution in [1.82, 2.24) is 5.32 Å². The van der Waals surface area contributed by atoms with Crippen molar-refractivity contribution in [1.29, 1.82) is 0 Å². The summed E-state index contributed by atoms with van der Waals surface area (Å²) in [6.07, 6.45) is -0.555. The summed E-state index contributed by atoms with van der Waals surface area (Å²) in [7, 11) is 1.91. The molecule has 0 unspecified atom stereocenters. The number of nitrogens with one attached hydrogen (secondary N) is 1. The van der Waals surface area contributed by atoms with E-state index < -0.39 is 6.10 Å². The molecular weight excluding hydrogens is 210 g/mol. The molecule has 2 aromatic rings. The van der Waals surface area contributed by atoms with Crippen molar-refractivity contribution >= 4 is 0 Å². The van der Waals surface area contributed by atoms with Gasteiger partial charge in [-0.3, -0.25) is 0 Å². The molecule has 0 aliphatic carbocycles. The van der Waals surface area contributed by atoms with Crippen LogP contribution in [-0.2, 0) is 6.54 Å². The van der Waals surface area contributed by atoms with E-state index in [4.69, 9.17) is 0 Å². The summed E-state index contributed by atoms with van der Waals surface area (Å²) in [6, 6.07) is 17.7. The van der Waals surface area contributed by atoms with Crippen LogP contribution >= 0.6 is 0 Å². The SMILES string of the molecule is CNCc1ccccc1[C@@H](O)c1ccccc1. The molecular formula is C15H17NO. The van der Waals surface area contributed by atoms with Gasteiger partial charge in [0.05, 0.1) is 0 Å². The number of hydrogen-bond acceptors (Lipinski definition) is 2. The Balaban J connectivity index is 2.33. The first-order chi connectivity index (χ1) is 8.33. The third-order valence-corrected chi connectivity index (χ3v) is 2.83. The zero-order valence-corrected chi connectivity index (χ0v) is 9.93. The zero-order chi connectivity index (χ0) is 12.1. The highest BCUT2D eigenvalue weighted by Gasteiger charge is 2.12. The van der Waals surface area contributed by atoms with E-state index in [1.165, 1.54) is 0 Å². The summed E-state index contributed by atoms with van der Waals surface area (Å²) in [6.45, 7) is 0.764. The number of hydrogen-bond donors (Lipinski definition) is 2. The van der Waals surface area contributed by atoms with E-state index in [9.17, 15) is 5.11 Å². The Hall–Kier alpha value is -1.64. The van der Waals surface area contributed by atoms with E-state index in [1.54, 1.807) is 0 Å². The average molecular weight is 227 g/mol. The predicted octanol–water partition coefficient (Wildman–Crippen LogP) is 2.49. The minimum Gasteiger partial charge on any atom is -0.384 e. The van der Waals surface area contributed by atoms with E-state index in [0.29, 0.717) is 0 Å². The lowest BCUT2D eigenvalue weighted by molar-refractivity contribution is 0.219. The largest absolute Gasteiger partial charge is 0.384 e. The fraction of sp³-hybridized carbons (Fsp3) is 0.200. The van der Waals surface area contributed by atoms with Crippen molar-refractivity contribution in [2.75, 3.05) is 7.05 Å². The summed E-state index contributed by atoms with van der Waals surface area (Å²) in [5.74, 6) is 0. The Morgan fingerprint density at radius 2 is 1.65 bits per heavy atom. The molecule has 2 heteroatoms. The summed E-state index contributed by atoms with van der Waals surface area (Å²) >= 11 is 0. The standard InChI is InChI=1S/C15H17NO/c1-16-11-13-9-5-6-10-14(13)15(17)12-7-3-2-4-8-12/h2-10,15-17H,11H2,1H3/t15-/m0/s1. The lowest BCUT2D eigenvalue weighted by atomic mass is 9.97. The highest BCUT2D eigenvalue weighted by atomic mass is 16.3. The second-order valence-corrected chi connectivity index (χ2v) is 4.04. The Morgan fingerprint density at radius 1 is 1.00 bits per heavy atom. The van der Waals surface area contributed by atoms with Gasteiger partial charge in [0.1, 0.15) is 6.10 Å². The highest BCUT2D eigenvalue weighted by Crippen LogP contribution is 2.24. The molecule has 2 nitrogen and oxygen atoms in total. The van der Waals surface area contributed by atoms with Crippen LogP contribution in [0.4, 0.5) is 0 Å². The van der Waals surface area contributed by atoms with Gasteiger partial charge < -0.3 is 10.4 Å². The Kier molecular flexibility index (Phi) is 3.91. The Bertz CT molecular complexity index is 467. The van der Waals surface area contributed by atoms with Crippen LogP contribution in [0.1, 0.15) is 22.8 Å². The van der Waals surface area contributed by atoms with Crippen LogP contribution in [0.3, 0.4) is 0 Å². The number of rotatable bonds is 4. The maximum Gasteiger partial charge on any atom is 0.104 e. The molecule has 0 fully saturated rings. The molecule has 88 valence electrons. The van der Waals surface area contributed by atoms with E-state index >= 15 is 0 Å². The minimum absolute atomic E-state index is 0.555. The molecule has 0 aliphatic rings. The molecule has 2 aromatic carbocycles. The third kappa shape index (κ3) is 2.73. The predicted molar refractivity (Wildman–Crippen MR) is 69.7 cm³/mol. The smallest absolute Gasteiger partial charge is 0.104 e. The van der Waals surface area contributed by atoms with Gasteiger partial charge in [-0.2, -0.15) is 0 Å². The first-order valence-corrected chi connectivity index (χ1v) is 5.78. The molecule has 2 N–H and O–H groups in total.